The minimum Gasteiger partial charge on any atom is -0.494 e. The van der Waals surface area contributed by atoms with Crippen LogP contribution < -0.4 is 10.1 Å². The second-order valence-corrected chi connectivity index (χ2v) is 10.6. The van der Waals surface area contributed by atoms with E-state index in [1.165, 1.54) is 11.3 Å². The molecule has 0 bridgehead atoms. The van der Waals surface area contributed by atoms with Crippen LogP contribution in [0.5, 0.6) is 5.75 Å². The van der Waals surface area contributed by atoms with Crippen LogP contribution in [0.15, 0.2) is 82.8 Å². The Morgan fingerprint density at radius 2 is 1.88 bits per heavy atom. The van der Waals surface area contributed by atoms with E-state index in [9.17, 15) is 13.2 Å². The molecule has 0 radical (unpaired) electrons. The van der Waals surface area contributed by atoms with E-state index in [4.69, 9.17) is 4.74 Å². The molecule has 0 aliphatic rings. The van der Waals surface area contributed by atoms with Crippen LogP contribution in [0.2, 0.25) is 0 Å². The number of rotatable bonds is 9. The zero-order valence-corrected chi connectivity index (χ0v) is 19.8. The third-order valence-corrected chi connectivity index (χ3v) is 7.97. The second kappa shape index (κ2) is 10.1. The van der Waals surface area contributed by atoms with Gasteiger partial charge in [0.05, 0.1) is 26.0 Å². The van der Waals surface area contributed by atoms with E-state index in [1.807, 2.05) is 12.1 Å². The number of pyridine rings is 1. The minimum absolute atomic E-state index is 0.173. The predicted molar refractivity (Wildman–Crippen MR) is 130 cm³/mol. The number of sulfone groups is 1. The first-order valence-corrected chi connectivity index (χ1v) is 13.0. The lowest BCUT2D eigenvalue weighted by molar-refractivity contribution is 0.0955. The monoisotopic (exact) mass is 480 g/mol. The first-order valence-electron chi connectivity index (χ1n) is 10.7. The number of ether oxygens (including phenoxy) is 1. The van der Waals surface area contributed by atoms with Gasteiger partial charge in [0.2, 0.25) is 9.84 Å². The molecule has 0 fully saturated rings. The molecule has 8 heteroatoms. The number of carbonyl (C=O) groups excluding carboxylic acids is 1. The molecule has 0 aliphatic carbocycles. The molecular weight excluding hydrogens is 456 g/mol. The molecule has 1 amide bonds. The first kappa shape index (κ1) is 22.9. The van der Waals surface area contributed by atoms with E-state index in [-0.39, 0.29) is 15.7 Å². The summed E-state index contributed by atoms with van der Waals surface area (Å²) in [6.07, 6.45) is 5.35. The Kier molecular flexibility index (Phi) is 7.05. The Morgan fingerprint density at radius 1 is 1.06 bits per heavy atom. The lowest BCUT2D eigenvalue weighted by Crippen LogP contribution is -2.21. The summed E-state index contributed by atoms with van der Waals surface area (Å²) in [6, 6.07) is 16.8. The van der Waals surface area contributed by atoms with Gasteiger partial charge in [-0.3, -0.25) is 9.78 Å². The highest BCUT2D eigenvalue weighted by atomic mass is 32.2. The fourth-order valence-corrected chi connectivity index (χ4v) is 5.50. The van der Waals surface area contributed by atoms with Gasteiger partial charge in [-0.15, -0.1) is 11.3 Å². The van der Waals surface area contributed by atoms with Gasteiger partial charge < -0.3 is 10.1 Å². The van der Waals surface area contributed by atoms with Crippen LogP contribution >= 0.6 is 11.3 Å². The number of nitrogens with zero attached hydrogens (tertiary/aromatic N) is 1. The lowest BCUT2D eigenvalue weighted by atomic mass is 10.2. The Bertz CT molecular complexity index is 1330. The van der Waals surface area contributed by atoms with E-state index in [0.29, 0.717) is 23.8 Å². The Morgan fingerprint density at radius 3 is 2.64 bits per heavy atom. The number of carbonyl (C=O) groups is 1. The van der Waals surface area contributed by atoms with Gasteiger partial charge in [-0.05, 0) is 59.8 Å². The topological polar surface area (TPSA) is 85.4 Å². The van der Waals surface area contributed by atoms with Crippen molar-refractivity contribution in [2.24, 2.45) is 0 Å². The highest BCUT2D eigenvalue weighted by molar-refractivity contribution is 7.91. The van der Waals surface area contributed by atoms with Gasteiger partial charge in [0.25, 0.3) is 5.91 Å². The van der Waals surface area contributed by atoms with Crippen molar-refractivity contribution >= 4 is 37.2 Å². The summed E-state index contributed by atoms with van der Waals surface area (Å²) in [5, 5.41) is 3.86. The standard InChI is InChI=1S/C25H24N2O4S2/c1-2-3-13-31-20-5-4-6-22(15-20)33(29,30)21-9-7-18(8-10-21)16-27-25(28)23-14-19-11-12-26-17-24(19)32-23/h4-12,14-15,17H,2-3,13,16H2,1H3,(H,27,28). The quantitative estimate of drug-likeness (QED) is 0.331. The maximum Gasteiger partial charge on any atom is 0.261 e. The highest BCUT2D eigenvalue weighted by Crippen LogP contribution is 2.26. The number of fused-ring (bicyclic) bond motifs is 1. The zero-order valence-electron chi connectivity index (χ0n) is 18.2. The number of benzene rings is 2. The van der Waals surface area contributed by atoms with Crippen LogP contribution in [0.4, 0.5) is 0 Å². The molecule has 0 spiro atoms. The predicted octanol–water partition coefficient (Wildman–Crippen LogP) is 5.24. The average Bonchev–Trinajstić information content (AvgIpc) is 3.28. The largest absolute Gasteiger partial charge is 0.494 e. The molecule has 0 atom stereocenters. The third-order valence-electron chi connectivity index (χ3n) is 5.12. The fraction of sp³-hybridized carbons (Fsp3) is 0.200. The van der Waals surface area contributed by atoms with Crippen molar-refractivity contribution in [3.05, 3.63) is 83.5 Å². The van der Waals surface area contributed by atoms with E-state index < -0.39 is 9.84 Å². The molecule has 1 N–H and O–H groups in total. The van der Waals surface area contributed by atoms with Crippen LogP contribution in [0.3, 0.4) is 0 Å². The van der Waals surface area contributed by atoms with Crippen molar-refractivity contribution in [2.75, 3.05) is 6.61 Å². The van der Waals surface area contributed by atoms with E-state index >= 15 is 0 Å². The lowest BCUT2D eigenvalue weighted by Gasteiger charge is -2.09. The molecule has 33 heavy (non-hydrogen) atoms. The summed E-state index contributed by atoms with van der Waals surface area (Å²) in [5.74, 6) is 0.369. The number of aromatic nitrogens is 1. The van der Waals surface area contributed by atoms with Crippen molar-refractivity contribution in [1.29, 1.82) is 0 Å². The molecule has 2 heterocycles. The van der Waals surface area contributed by atoms with Crippen molar-refractivity contribution in [1.82, 2.24) is 10.3 Å². The van der Waals surface area contributed by atoms with Crippen molar-refractivity contribution in [3.8, 4) is 5.75 Å². The number of amides is 1. The average molecular weight is 481 g/mol. The normalized spacial score (nSPS) is 11.4. The van der Waals surface area contributed by atoms with Crippen molar-refractivity contribution in [2.45, 2.75) is 36.1 Å². The molecule has 2 aromatic heterocycles. The summed E-state index contributed by atoms with van der Waals surface area (Å²) in [5.41, 5.74) is 0.807. The molecule has 4 rings (SSSR count). The number of unbranched alkanes of at least 4 members (excludes halogenated alkanes) is 1. The van der Waals surface area contributed by atoms with Gasteiger partial charge in [-0.25, -0.2) is 8.42 Å². The summed E-state index contributed by atoms with van der Waals surface area (Å²) in [4.78, 5) is 17.6. The summed E-state index contributed by atoms with van der Waals surface area (Å²) >= 11 is 1.39. The highest BCUT2D eigenvalue weighted by Gasteiger charge is 2.18. The minimum atomic E-state index is -3.67. The van der Waals surface area contributed by atoms with Crippen LogP contribution in [-0.2, 0) is 16.4 Å². The molecule has 4 aromatic rings. The van der Waals surface area contributed by atoms with Crippen LogP contribution in [0.1, 0.15) is 35.0 Å². The molecule has 0 aliphatic heterocycles. The number of nitrogens with one attached hydrogen (secondary N) is 1. The van der Waals surface area contributed by atoms with Gasteiger partial charge in [0.1, 0.15) is 5.75 Å². The second-order valence-electron chi connectivity index (χ2n) is 7.53. The molecule has 6 nitrogen and oxygen atoms in total. The van der Waals surface area contributed by atoms with Crippen LogP contribution in [0.25, 0.3) is 10.1 Å². The molecule has 0 unspecified atom stereocenters. The van der Waals surface area contributed by atoms with Gasteiger partial charge in [0, 0.05) is 18.9 Å². The molecular formula is C25H24N2O4S2. The first-order chi connectivity index (χ1) is 16.0. The third kappa shape index (κ3) is 5.40. The van der Waals surface area contributed by atoms with Crippen molar-refractivity contribution < 1.29 is 17.9 Å². The number of hydrogen-bond donors (Lipinski definition) is 1. The Balaban J connectivity index is 1.42. The zero-order chi connectivity index (χ0) is 23.3. The molecule has 2 aromatic carbocycles. The van der Waals surface area contributed by atoms with Gasteiger partial charge in [-0.2, -0.15) is 0 Å². The van der Waals surface area contributed by atoms with Crippen LogP contribution in [0, 0.1) is 0 Å². The summed E-state index contributed by atoms with van der Waals surface area (Å²) < 4.78 is 32.7. The number of thiophene rings is 1. The van der Waals surface area contributed by atoms with E-state index in [0.717, 1.165) is 28.5 Å². The smallest absolute Gasteiger partial charge is 0.261 e. The Labute approximate surface area is 197 Å². The van der Waals surface area contributed by atoms with E-state index in [1.54, 1.807) is 60.9 Å². The number of hydrogen-bond acceptors (Lipinski definition) is 6. The SMILES string of the molecule is CCCCOc1cccc(S(=O)(=O)c2ccc(CNC(=O)c3cc4ccncc4s3)cc2)c1. The van der Waals surface area contributed by atoms with Crippen molar-refractivity contribution in [3.63, 3.8) is 0 Å². The summed E-state index contributed by atoms with van der Waals surface area (Å²) in [6.45, 7) is 2.92. The maximum atomic E-state index is 13.0. The van der Waals surface area contributed by atoms with Gasteiger partial charge in [0.15, 0.2) is 0 Å². The Hall–Kier alpha value is -3.23. The molecule has 170 valence electrons. The molecule has 0 saturated carbocycles. The summed E-state index contributed by atoms with van der Waals surface area (Å²) in [7, 11) is -3.67. The van der Waals surface area contributed by atoms with E-state index in [2.05, 4.69) is 17.2 Å². The fourth-order valence-electron chi connectivity index (χ4n) is 3.25. The molecule has 0 saturated heterocycles. The maximum absolute atomic E-state index is 13.0. The van der Waals surface area contributed by atoms with Crippen LogP contribution in [-0.4, -0.2) is 25.9 Å². The van der Waals surface area contributed by atoms with Gasteiger partial charge >= 0.3 is 0 Å². The van der Waals surface area contributed by atoms with Gasteiger partial charge in [-0.1, -0.05) is 31.5 Å².